The van der Waals surface area contributed by atoms with Gasteiger partial charge in [0.25, 0.3) is 0 Å². The lowest BCUT2D eigenvalue weighted by molar-refractivity contribution is -0.121. The molecule has 0 aromatic carbocycles. The fraction of sp³-hybridized carbons (Fsp3) is 0.875. The zero-order chi connectivity index (χ0) is 7.56. The lowest BCUT2D eigenvalue weighted by Crippen LogP contribution is -2.24. The van der Waals surface area contributed by atoms with Crippen molar-refractivity contribution in [3.8, 4) is 0 Å². The molecule has 0 saturated carbocycles. The first-order valence-electron chi connectivity index (χ1n) is 3.95. The third-order valence-electron chi connectivity index (χ3n) is 1.99. The lowest BCUT2D eigenvalue weighted by atomic mass is 9.97. The highest BCUT2D eigenvalue weighted by Crippen LogP contribution is 2.17. The summed E-state index contributed by atoms with van der Waals surface area (Å²) in [7, 11) is 0. The van der Waals surface area contributed by atoms with Gasteiger partial charge < -0.3 is 5.32 Å². The first-order chi connectivity index (χ1) is 4.68. The molecule has 1 aliphatic heterocycles. The molecule has 1 saturated heterocycles. The Balaban J connectivity index is 2.46. The Kier molecular flexibility index (Phi) is 2.30. The fourth-order valence-electron chi connectivity index (χ4n) is 1.53. The minimum Gasteiger partial charge on any atom is -0.356 e. The largest absolute Gasteiger partial charge is 0.356 e. The minimum absolute atomic E-state index is 0.219. The van der Waals surface area contributed by atoms with Gasteiger partial charge in [-0.3, -0.25) is 4.79 Å². The van der Waals surface area contributed by atoms with E-state index in [-0.39, 0.29) is 5.91 Å². The number of hydrogen-bond donors (Lipinski definition) is 1. The van der Waals surface area contributed by atoms with Gasteiger partial charge in [0.1, 0.15) is 0 Å². The van der Waals surface area contributed by atoms with E-state index in [0.29, 0.717) is 18.3 Å². The van der Waals surface area contributed by atoms with Gasteiger partial charge in [-0.15, -0.1) is 0 Å². The van der Waals surface area contributed by atoms with Crippen LogP contribution >= 0.6 is 0 Å². The monoisotopic (exact) mass is 141 g/mol. The van der Waals surface area contributed by atoms with Crippen molar-refractivity contribution in [3.63, 3.8) is 0 Å². The topological polar surface area (TPSA) is 29.1 Å². The summed E-state index contributed by atoms with van der Waals surface area (Å²) in [6.45, 7) is 5.19. The molecule has 0 bridgehead atoms. The van der Waals surface area contributed by atoms with Gasteiger partial charge in [-0.25, -0.2) is 0 Å². The van der Waals surface area contributed by atoms with Gasteiger partial charge in [0.15, 0.2) is 0 Å². The van der Waals surface area contributed by atoms with Crippen molar-refractivity contribution in [3.05, 3.63) is 0 Å². The van der Waals surface area contributed by atoms with E-state index >= 15 is 0 Å². The van der Waals surface area contributed by atoms with Crippen LogP contribution < -0.4 is 5.32 Å². The van der Waals surface area contributed by atoms with Gasteiger partial charge >= 0.3 is 0 Å². The normalized spacial score (nSPS) is 34.8. The molecule has 1 aliphatic rings. The summed E-state index contributed by atoms with van der Waals surface area (Å²) in [5.74, 6) is 1.44. The molecular formula is C8H15NO. The van der Waals surface area contributed by atoms with E-state index in [2.05, 4.69) is 19.2 Å². The average Bonchev–Trinajstić information content (AvgIpc) is 1.93. The van der Waals surface area contributed by atoms with E-state index in [1.54, 1.807) is 0 Å². The summed E-state index contributed by atoms with van der Waals surface area (Å²) in [6, 6.07) is 0. The van der Waals surface area contributed by atoms with Gasteiger partial charge in [0.05, 0.1) is 0 Å². The second kappa shape index (κ2) is 3.04. The van der Waals surface area contributed by atoms with Crippen LogP contribution in [0.3, 0.4) is 0 Å². The van der Waals surface area contributed by atoms with Gasteiger partial charge in [-0.1, -0.05) is 13.8 Å². The van der Waals surface area contributed by atoms with Crippen molar-refractivity contribution in [2.24, 2.45) is 11.8 Å². The highest BCUT2D eigenvalue weighted by atomic mass is 16.1. The van der Waals surface area contributed by atoms with Gasteiger partial charge in [0, 0.05) is 13.0 Å². The number of hydrogen-bond acceptors (Lipinski definition) is 1. The van der Waals surface area contributed by atoms with Crippen LogP contribution in [0.5, 0.6) is 0 Å². The standard InChI is InChI=1S/C8H15NO/c1-6-3-7(2)5-9-8(10)4-6/h6-7H,3-5H2,1-2H3,(H,9,10)/t6-,7+/m1/s1. The fourth-order valence-corrected chi connectivity index (χ4v) is 1.53. The van der Waals surface area contributed by atoms with E-state index in [1.165, 1.54) is 6.42 Å². The van der Waals surface area contributed by atoms with Crippen molar-refractivity contribution >= 4 is 5.91 Å². The first-order valence-corrected chi connectivity index (χ1v) is 3.95. The van der Waals surface area contributed by atoms with E-state index < -0.39 is 0 Å². The second-order valence-electron chi connectivity index (χ2n) is 3.45. The molecule has 10 heavy (non-hydrogen) atoms. The summed E-state index contributed by atoms with van der Waals surface area (Å²) >= 11 is 0. The molecule has 0 radical (unpaired) electrons. The Hall–Kier alpha value is -0.530. The summed E-state index contributed by atoms with van der Waals surface area (Å²) < 4.78 is 0. The number of carbonyl (C=O) groups excluding carboxylic acids is 1. The predicted octanol–water partition coefficient (Wildman–Crippen LogP) is 1.17. The van der Waals surface area contributed by atoms with Crippen molar-refractivity contribution in [2.75, 3.05) is 6.54 Å². The third kappa shape index (κ3) is 2.01. The van der Waals surface area contributed by atoms with E-state index in [9.17, 15) is 4.79 Å². The second-order valence-corrected chi connectivity index (χ2v) is 3.45. The van der Waals surface area contributed by atoms with E-state index in [4.69, 9.17) is 0 Å². The maximum absolute atomic E-state index is 10.9. The summed E-state index contributed by atoms with van der Waals surface area (Å²) in [4.78, 5) is 10.9. The zero-order valence-electron chi connectivity index (χ0n) is 6.68. The molecule has 2 nitrogen and oxygen atoms in total. The van der Waals surface area contributed by atoms with Crippen LogP contribution in [-0.2, 0) is 4.79 Å². The number of amides is 1. The van der Waals surface area contributed by atoms with Crippen molar-refractivity contribution in [2.45, 2.75) is 26.7 Å². The van der Waals surface area contributed by atoms with Gasteiger partial charge in [-0.2, -0.15) is 0 Å². The van der Waals surface area contributed by atoms with Crippen molar-refractivity contribution < 1.29 is 4.79 Å². The van der Waals surface area contributed by atoms with Crippen LogP contribution in [0.25, 0.3) is 0 Å². The Morgan fingerprint density at radius 3 is 2.80 bits per heavy atom. The molecule has 58 valence electrons. The SMILES string of the molecule is C[C@@H]1CNC(=O)C[C@H](C)C1. The quantitative estimate of drug-likeness (QED) is 0.539. The smallest absolute Gasteiger partial charge is 0.220 e. The van der Waals surface area contributed by atoms with Gasteiger partial charge in [-0.05, 0) is 18.3 Å². The highest BCUT2D eigenvalue weighted by Gasteiger charge is 2.17. The highest BCUT2D eigenvalue weighted by molar-refractivity contribution is 5.76. The Labute approximate surface area is 62.0 Å². The predicted molar refractivity (Wildman–Crippen MR) is 40.6 cm³/mol. The number of rotatable bonds is 0. The van der Waals surface area contributed by atoms with Crippen LogP contribution in [0.2, 0.25) is 0 Å². The third-order valence-corrected chi connectivity index (χ3v) is 1.99. The van der Waals surface area contributed by atoms with Crippen LogP contribution in [0.4, 0.5) is 0 Å². The molecule has 1 heterocycles. The van der Waals surface area contributed by atoms with Gasteiger partial charge in [0.2, 0.25) is 5.91 Å². The Morgan fingerprint density at radius 2 is 2.10 bits per heavy atom. The van der Waals surface area contributed by atoms with Crippen LogP contribution in [0, 0.1) is 11.8 Å². The minimum atomic E-state index is 0.219. The zero-order valence-corrected chi connectivity index (χ0v) is 6.68. The number of carbonyl (C=O) groups is 1. The molecule has 1 N–H and O–H groups in total. The number of nitrogens with one attached hydrogen (secondary N) is 1. The molecule has 0 aromatic rings. The Morgan fingerprint density at radius 1 is 1.40 bits per heavy atom. The molecule has 0 aromatic heterocycles. The van der Waals surface area contributed by atoms with Crippen molar-refractivity contribution in [1.29, 1.82) is 0 Å². The lowest BCUT2D eigenvalue weighted by Gasteiger charge is -2.08. The molecule has 1 fully saturated rings. The molecule has 0 aliphatic carbocycles. The van der Waals surface area contributed by atoms with E-state index in [0.717, 1.165) is 6.54 Å². The molecule has 1 amide bonds. The molecule has 2 heteroatoms. The summed E-state index contributed by atoms with van der Waals surface area (Å²) in [5.41, 5.74) is 0. The van der Waals surface area contributed by atoms with Crippen molar-refractivity contribution in [1.82, 2.24) is 5.32 Å². The Bertz CT molecular complexity index is 133. The van der Waals surface area contributed by atoms with Crippen LogP contribution in [0.1, 0.15) is 26.7 Å². The maximum Gasteiger partial charge on any atom is 0.220 e. The summed E-state index contributed by atoms with van der Waals surface area (Å²) in [5, 5.41) is 2.89. The average molecular weight is 141 g/mol. The summed E-state index contributed by atoms with van der Waals surface area (Å²) in [6.07, 6.45) is 1.89. The van der Waals surface area contributed by atoms with Crippen LogP contribution in [-0.4, -0.2) is 12.5 Å². The molecule has 1 rings (SSSR count). The maximum atomic E-state index is 10.9. The van der Waals surface area contributed by atoms with Crippen LogP contribution in [0.15, 0.2) is 0 Å². The molecular weight excluding hydrogens is 126 g/mol. The first kappa shape index (κ1) is 7.58. The molecule has 0 spiro atoms. The molecule has 2 atom stereocenters. The molecule has 0 unspecified atom stereocenters. The van der Waals surface area contributed by atoms with E-state index in [1.807, 2.05) is 0 Å².